The second kappa shape index (κ2) is 7.31. The van der Waals surface area contributed by atoms with Gasteiger partial charge in [-0.05, 0) is 37.0 Å². The van der Waals surface area contributed by atoms with Crippen molar-refractivity contribution in [3.63, 3.8) is 0 Å². The van der Waals surface area contributed by atoms with Crippen LogP contribution in [0, 0.1) is 0 Å². The quantitative estimate of drug-likeness (QED) is 0.850. The average molecular weight is 341 g/mol. The number of sulfonamides is 1. The second-order valence-corrected chi connectivity index (χ2v) is 7.52. The predicted octanol–water partition coefficient (Wildman–Crippen LogP) is 1.60. The molecule has 0 radical (unpaired) electrons. The number of nitrogens with one attached hydrogen (secondary N) is 1. The summed E-state index contributed by atoms with van der Waals surface area (Å²) in [4.78, 5) is 12.8. The van der Waals surface area contributed by atoms with Crippen LogP contribution in [0.4, 0.5) is 0 Å². The molecule has 1 amide bonds. The molecule has 0 unspecified atom stereocenters. The van der Waals surface area contributed by atoms with Gasteiger partial charge in [0.1, 0.15) is 5.75 Å². The van der Waals surface area contributed by atoms with Crippen LogP contribution in [-0.2, 0) is 25.0 Å². The minimum Gasteiger partial charge on any atom is -0.497 e. The van der Waals surface area contributed by atoms with E-state index in [0.29, 0.717) is 38.2 Å². The van der Waals surface area contributed by atoms with Gasteiger partial charge in [0.2, 0.25) is 15.9 Å². The van der Waals surface area contributed by atoms with Crippen molar-refractivity contribution in [2.24, 2.45) is 0 Å². The molecule has 1 saturated heterocycles. The molecule has 1 aliphatic rings. The van der Waals surface area contributed by atoms with Gasteiger partial charge in [0, 0.05) is 13.2 Å². The number of ether oxygens (including phenoxy) is 2. The summed E-state index contributed by atoms with van der Waals surface area (Å²) in [6.07, 6.45) is 1.33. The largest absolute Gasteiger partial charge is 0.497 e. The summed E-state index contributed by atoms with van der Waals surface area (Å²) in [6.45, 7) is 2.59. The van der Waals surface area contributed by atoms with Crippen LogP contribution in [0.15, 0.2) is 24.3 Å². The second-order valence-electron chi connectivity index (χ2n) is 5.68. The van der Waals surface area contributed by atoms with Gasteiger partial charge in [-0.15, -0.1) is 0 Å². The third-order valence-electron chi connectivity index (χ3n) is 4.12. The molecule has 2 rings (SSSR count). The average Bonchev–Trinajstić information content (AvgIpc) is 2.55. The van der Waals surface area contributed by atoms with Crippen molar-refractivity contribution in [2.45, 2.75) is 31.6 Å². The first kappa shape index (κ1) is 17.7. The smallest absolute Gasteiger partial charge is 0.244 e. The first-order valence-electron chi connectivity index (χ1n) is 7.71. The number of amides is 1. The fraction of sp³-hybridized carbons (Fsp3) is 0.562. The molecule has 0 atom stereocenters. The minimum atomic E-state index is -3.61. The molecule has 1 fully saturated rings. The van der Waals surface area contributed by atoms with Crippen molar-refractivity contribution >= 4 is 15.9 Å². The van der Waals surface area contributed by atoms with E-state index in [2.05, 4.69) is 4.72 Å². The molecule has 0 bridgehead atoms. The molecule has 0 saturated carbocycles. The Labute approximate surface area is 137 Å². The molecular weight excluding hydrogens is 318 g/mol. The highest BCUT2D eigenvalue weighted by Gasteiger charge is 2.43. The molecule has 0 spiro atoms. The minimum absolute atomic E-state index is 0.0660. The molecule has 6 nitrogen and oxygen atoms in total. The number of rotatable bonds is 6. The summed E-state index contributed by atoms with van der Waals surface area (Å²) in [6, 6.07) is 7.22. The number of hydrogen-bond acceptors (Lipinski definition) is 5. The third-order valence-corrected chi connectivity index (χ3v) is 5.57. The summed E-state index contributed by atoms with van der Waals surface area (Å²) in [5.74, 6) is 0.0868. The van der Waals surface area contributed by atoms with Crippen molar-refractivity contribution in [2.75, 3.05) is 26.1 Å². The van der Waals surface area contributed by atoms with Gasteiger partial charge >= 0.3 is 0 Å². The summed E-state index contributed by atoms with van der Waals surface area (Å²) in [5.41, 5.74) is -0.155. The molecule has 23 heavy (non-hydrogen) atoms. The Kier molecular flexibility index (Phi) is 5.64. The Morgan fingerprint density at radius 3 is 2.65 bits per heavy atom. The lowest BCUT2D eigenvalue weighted by atomic mass is 9.73. The maximum absolute atomic E-state index is 12.8. The Bertz CT molecular complexity index is 650. The van der Waals surface area contributed by atoms with Crippen molar-refractivity contribution in [3.05, 3.63) is 29.8 Å². The van der Waals surface area contributed by atoms with E-state index in [1.165, 1.54) is 0 Å². The normalized spacial score (nSPS) is 17.5. The zero-order valence-electron chi connectivity index (χ0n) is 13.5. The van der Waals surface area contributed by atoms with Crippen LogP contribution in [0.25, 0.3) is 0 Å². The van der Waals surface area contributed by atoms with Crippen LogP contribution in [0.5, 0.6) is 5.75 Å². The highest BCUT2D eigenvalue weighted by molar-refractivity contribution is 7.90. The monoisotopic (exact) mass is 341 g/mol. The Morgan fingerprint density at radius 1 is 1.35 bits per heavy atom. The molecule has 0 aliphatic carbocycles. The summed E-state index contributed by atoms with van der Waals surface area (Å²) in [7, 11) is -2.06. The van der Waals surface area contributed by atoms with E-state index in [1.54, 1.807) is 32.2 Å². The third kappa shape index (κ3) is 4.03. The first-order chi connectivity index (χ1) is 10.9. The van der Waals surface area contributed by atoms with Crippen LogP contribution in [-0.4, -0.2) is 40.4 Å². The lowest BCUT2D eigenvalue weighted by Crippen LogP contribution is -2.50. The molecule has 1 heterocycles. The molecule has 1 aromatic carbocycles. The van der Waals surface area contributed by atoms with Gasteiger partial charge < -0.3 is 9.47 Å². The van der Waals surface area contributed by atoms with Crippen molar-refractivity contribution in [1.29, 1.82) is 0 Å². The van der Waals surface area contributed by atoms with Crippen LogP contribution >= 0.6 is 0 Å². The first-order valence-corrected chi connectivity index (χ1v) is 9.36. The topological polar surface area (TPSA) is 81.7 Å². The maximum atomic E-state index is 12.8. The highest BCUT2D eigenvalue weighted by atomic mass is 32.2. The molecule has 128 valence electrons. The predicted molar refractivity (Wildman–Crippen MR) is 86.9 cm³/mol. The van der Waals surface area contributed by atoms with Crippen molar-refractivity contribution in [1.82, 2.24) is 4.72 Å². The molecular formula is C16H23NO5S. The highest BCUT2D eigenvalue weighted by Crippen LogP contribution is 2.36. The van der Waals surface area contributed by atoms with Gasteiger partial charge in [-0.3, -0.25) is 9.52 Å². The van der Waals surface area contributed by atoms with Crippen LogP contribution < -0.4 is 9.46 Å². The van der Waals surface area contributed by atoms with Gasteiger partial charge in [0.25, 0.3) is 0 Å². The number of carbonyl (C=O) groups excluding carboxylic acids is 1. The zero-order valence-corrected chi connectivity index (χ0v) is 14.3. The van der Waals surface area contributed by atoms with Crippen LogP contribution in [0.2, 0.25) is 0 Å². The molecule has 0 aromatic heterocycles. The fourth-order valence-corrected chi connectivity index (χ4v) is 3.96. The van der Waals surface area contributed by atoms with E-state index in [-0.39, 0.29) is 5.75 Å². The lowest BCUT2D eigenvalue weighted by Gasteiger charge is -2.36. The Morgan fingerprint density at radius 2 is 2.04 bits per heavy atom. The van der Waals surface area contributed by atoms with Gasteiger partial charge in [0.15, 0.2) is 0 Å². The standard InChI is InChI=1S/C16H23NO5S/c1-3-11-23(19,20)17-15(18)16(7-9-22-10-8-16)13-5-4-6-14(12-13)21-2/h4-6,12H,3,7-11H2,1-2H3,(H,17,18). The molecule has 1 N–H and O–H groups in total. The van der Waals surface area contributed by atoms with E-state index in [1.807, 2.05) is 6.07 Å². The van der Waals surface area contributed by atoms with Gasteiger partial charge in [-0.25, -0.2) is 8.42 Å². The van der Waals surface area contributed by atoms with E-state index in [9.17, 15) is 13.2 Å². The number of carbonyl (C=O) groups is 1. The van der Waals surface area contributed by atoms with Crippen molar-refractivity contribution in [3.8, 4) is 5.75 Å². The molecule has 7 heteroatoms. The van der Waals surface area contributed by atoms with Crippen molar-refractivity contribution < 1.29 is 22.7 Å². The number of methoxy groups -OCH3 is 1. The van der Waals surface area contributed by atoms with Gasteiger partial charge in [-0.2, -0.15) is 0 Å². The van der Waals surface area contributed by atoms with E-state index >= 15 is 0 Å². The Balaban J connectivity index is 2.37. The van der Waals surface area contributed by atoms with Gasteiger partial charge in [0.05, 0.1) is 18.3 Å². The summed E-state index contributed by atoms with van der Waals surface area (Å²) < 4.78 is 36.8. The fourth-order valence-electron chi connectivity index (χ4n) is 2.85. The summed E-state index contributed by atoms with van der Waals surface area (Å²) >= 11 is 0. The van der Waals surface area contributed by atoms with E-state index in [4.69, 9.17) is 9.47 Å². The van der Waals surface area contributed by atoms with Crippen LogP contribution in [0.3, 0.4) is 0 Å². The lowest BCUT2D eigenvalue weighted by molar-refractivity contribution is -0.128. The number of benzene rings is 1. The maximum Gasteiger partial charge on any atom is 0.244 e. The Hall–Kier alpha value is -1.60. The van der Waals surface area contributed by atoms with Gasteiger partial charge in [-0.1, -0.05) is 19.1 Å². The SMILES string of the molecule is CCCS(=O)(=O)NC(=O)C1(c2cccc(OC)c2)CCOCC1. The van der Waals surface area contributed by atoms with E-state index in [0.717, 1.165) is 5.56 Å². The summed E-state index contributed by atoms with van der Waals surface area (Å²) in [5, 5.41) is 0. The molecule has 1 aliphatic heterocycles. The van der Waals surface area contributed by atoms with E-state index < -0.39 is 21.3 Å². The molecule has 1 aromatic rings. The number of hydrogen-bond donors (Lipinski definition) is 1. The zero-order chi connectivity index (χ0) is 16.9. The van der Waals surface area contributed by atoms with Crippen LogP contribution in [0.1, 0.15) is 31.7 Å².